The monoisotopic (exact) mass is 358 g/mol. The number of hydrogen-bond acceptors (Lipinski definition) is 2. The summed E-state index contributed by atoms with van der Waals surface area (Å²) in [6.07, 6.45) is 1.90. The zero-order valence-corrected chi connectivity index (χ0v) is 13.2. The highest BCUT2D eigenvalue weighted by Crippen LogP contribution is 2.26. The Bertz CT molecular complexity index is 422. The molecule has 2 nitrogen and oxygen atoms in total. The van der Waals surface area contributed by atoms with Crippen molar-refractivity contribution in [3.63, 3.8) is 0 Å². The molecular weight excluding hydrogens is 344 g/mol. The number of halogens is 2. The van der Waals surface area contributed by atoms with Crippen LogP contribution < -0.4 is 5.32 Å². The molecule has 0 heterocycles. The lowest BCUT2D eigenvalue weighted by molar-refractivity contribution is 0.441. The minimum absolute atomic E-state index is 0.224. The first-order valence-electron chi connectivity index (χ1n) is 5.55. The molecule has 0 aromatic heterocycles. The molecule has 4 heteroatoms. The zero-order chi connectivity index (χ0) is 12.9. The third-order valence-electron chi connectivity index (χ3n) is 2.53. The van der Waals surface area contributed by atoms with Crippen molar-refractivity contribution in [1.82, 2.24) is 0 Å². The summed E-state index contributed by atoms with van der Waals surface area (Å²) in [5, 5.41) is 12.3. The maximum absolute atomic E-state index is 8.90. The van der Waals surface area contributed by atoms with Gasteiger partial charge in [0.15, 0.2) is 0 Å². The Morgan fingerprint density at radius 2 is 2.06 bits per heavy atom. The van der Waals surface area contributed by atoms with Gasteiger partial charge in [-0.25, -0.2) is 0 Å². The van der Waals surface area contributed by atoms with Gasteiger partial charge in [0, 0.05) is 21.2 Å². The van der Waals surface area contributed by atoms with Gasteiger partial charge < -0.3 is 5.32 Å². The lowest BCUT2D eigenvalue weighted by atomic mass is 9.90. The number of nitrogens with zero attached hydrogens (tertiary/aromatic N) is 1. The average molecular weight is 360 g/mol. The number of nitrogens with one attached hydrogen (secondary N) is 1. The van der Waals surface area contributed by atoms with Gasteiger partial charge in [-0.15, -0.1) is 0 Å². The summed E-state index contributed by atoms with van der Waals surface area (Å²) < 4.78 is 2.10. The van der Waals surface area contributed by atoms with Gasteiger partial charge >= 0.3 is 0 Å². The number of hydrogen-bond donors (Lipinski definition) is 1. The van der Waals surface area contributed by atoms with Crippen molar-refractivity contribution in [2.45, 2.75) is 26.7 Å². The highest BCUT2D eigenvalue weighted by Gasteiger charge is 2.15. The summed E-state index contributed by atoms with van der Waals surface area (Å²) >= 11 is 6.93. The van der Waals surface area contributed by atoms with Gasteiger partial charge in [-0.1, -0.05) is 15.9 Å². The van der Waals surface area contributed by atoms with Crippen LogP contribution in [0.3, 0.4) is 0 Å². The fourth-order valence-corrected chi connectivity index (χ4v) is 2.63. The Balaban J connectivity index is 2.39. The number of nitriles is 1. The third kappa shape index (κ3) is 5.10. The van der Waals surface area contributed by atoms with E-state index < -0.39 is 0 Å². The van der Waals surface area contributed by atoms with Crippen LogP contribution >= 0.6 is 31.9 Å². The normalized spacial score (nSPS) is 11.0. The van der Waals surface area contributed by atoms with Gasteiger partial charge in [-0.3, -0.25) is 0 Å². The molecule has 1 aromatic carbocycles. The van der Waals surface area contributed by atoms with E-state index in [1.165, 1.54) is 0 Å². The Labute approximate surface area is 120 Å². The van der Waals surface area contributed by atoms with Crippen molar-refractivity contribution in [3.8, 4) is 6.07 Å². The molecular formula is C13H16Br2N2. The molecule has 0 saturated carbocycles. The maximum Gasteiger partial charge on any atom is 0.0683 e. The Morgan fingerprint density at radius 3 is 2.65 bits per heavy atom. The lowest BCUT2D eigenvalue weighted by Gasteiger charge is -2.15. The molecule has 1 rings (SSSR count). The molecule has 0 aliphatic rings. The quantitative estimate of drug-likeness (QED) is 0.754. The molecule has 0 aliphatic carbocycles. The SMILES string of the molecule is CC(C)(C#N)CCCNc1ccc(Br)cc1Br. The van der Waals surface area contributed by atoms with Gasteiger partial charge in [0.05, 0.1) is 11.5 Å². The number of benzene rings is 1. The molecule has 1 N–H and O–H groups in total. The first-order valence-corrected chi connectivity index (χ1v) is 7.13. The summed E-state index contributed by atoms with van der Waals surface area (Å²) in [7, 11) is 0. The first kappa shape index (κ1) is 14.5. The van der Waals surface area contributed by atoms with E-state index in [9.17, 15) is 0 Å². The molecule has 92 valence electrons. The Hall–Kier alpha value is -0.530. The van der Waals surface area contributed by atoms with Crippen molar-refractivity contribution in [2.75, 3.05) is 11.9 Å². The fraction of sp³-hybridized carbons (Fsp3) is 0.462. The van der Waals surface area contributed by atoms with Crippen molar-refractivity contribution in [2.24, 2.45) is 5.41 Å². The van der Waals surface area contributed by atoms with Crippen molar-refractivity contribution >= 4 is 37.5 Å². The molecule has 0 unspecified atom stereocenters. The molecule has 1 aromatic rings. The van der Waals surface area contributed by atoms with Crippen LogP contribution in [-0.2, 0) is 0 Å². The van der Waals surface area contributed by atoms with E-state index in [2.05, 4.69) is 43.2 Å². The van der Waals surface area contributed by atoms with E-state index in [0.29, 0.717) is 0 Å². The van der Waals surface area contributed by atoms with Gasteiger partial charge in [0.1, 0.15) is 0 Å². The van der Waals surface area contributed by atoms with Crippen molar-refractivity contribution in [3.05, 3.63) is 27.1 Å². The van der Waals surface area contributed by atoms with Crippen molar-refractivity contribution in [1.29, 1.82) is 5.26 Å². The van der Waals surface area contributed by atoms with E-state index in [0.717, 1.165) is 34.0 Å². The van der Waals surface area contributed by atoms with E-state index in [4.69, 9.17) is 5.26 Å². The zero-order valence-electron chi connectivity index (χ0n) is 10.1. The summed E-state index contributed by atoms with van der Waals surface area (Å²) in [5.74, 6) is 0. The fourth-order valence-electron chi connectivity index (χ4n) is 1.44. The van der Waals surface area contributed by atoms with E-state index >= 15 is 0 Å². The minimum Gasteiger partial charge on any atom is -0.384 e. The standard InChI is InChI=1S/C13H16Br2N2/c1-13(2,9-16)6-3-7-17-12-5-4-10(14)8-11(12)15/h4-5,8,17H,3,6-7H2,1-2H3. The maximum atomic E-state index is 8.90. The summed E-state index contributed by atoms with van der Waals surface area (Å²) in [4.78, 5) is 0. The van der Waals surface area contributed by atoms with Crippen LogP contribution in [0.5, 0.6) is 0 Å². The van der Waals surface area contributed by atoms with E-state index in [-0.39, 0.29) is 5.41 Å². The van der Waals surface area contributed by atoms with E-state index in [1.54, 1.807) is 0 Å². The number of anilines is 1. The molecule has 0 bridgehead atoms. The van der Waals surface area contributed by atoms with Crippen LogP contribution in [0.15, 0.2) is 27.1 Å². The first-order chi connectivity index (χ1) is 7.94. The molecule has 0 radical (unpaired) electrons. The second-order valence-electron chi connectivity index (χ2n) is 4.65. The topological polar surface area (TPSA) is 35.8 Å². The summed E-state index contributed by atoms with van der Waals surface area (Å²) in [5.41, 5.74) is 0.862. The minimum atomic E-state index is -0.224. The predicted molar refractivity (Wildman–Crippen MR) is 79.0 cm³/mol. The Kier molecular flexibility index (Phi) is 5.48. The summed E-state index contributed by atoms with van der Waals surface area (Å²) in [6.45, 7) is 4.83. The van der Waals surface area contributed by atoms with Crippen LogP contribution in [0.1, 0.15) is 26.7 Å². The molecule has 17 heavy (non-hydrogen) atoms. The highest BCUT2D eigenvalue weighted by molar-refractivity contribution is 9.11. The Morgan fingerprint density at radius 1 is 1.35 bits per heavy atom. The van der Waals surface area contributed by atoms with Crippen LogP contribution in [0, 0.1) is 16.7 Å². The highest BCUT2D eigenvalue weighted by atomic mass is 79.9. The predicted octanol–water partition coefficient (Wildman–Crippen LogP) is 4.95. The second kappa shape index (κ2) is 6.42. The lowest BCUT2D eigenvalue weighted by Crippen LogP contribution is -2.11. The number of rotatable bonds is 5. The smallest absolute Gasteiger partial charge is 0.0683 e. The molecule has 0 amide bonds. The van der Waals surface area contributed by atoms with E-state index in [1.807, 2.05) is 32.0 Å². The van der Waals surface area contributed by atoms with Crippen molar-refractivity contribution < 1.29 is 0 Å². The molecule has 0 fully saturated rings. The average Bonchev–Trinajstić information content (AvgIpc) is 2.27. The second-order valence-corrected chi connectivity index (χ2v) is 6.42. The molecule has 0 saturated heterocycles. The summed E-state index contributed by atoms with van der Waals surface area (Å²) in [6, 6.07) is 8.37. The van der Waals surface area contributed by atoms with Crippen LogP contribution in [0.2, 0.25) is 0 Å². The largest absolute Gasteiger partial charge is 0.384 e. The van der Waals surface area contributed by atoms with Crippen LogP contribution in [0.4, 0.5) is 5.69 Å². The molecule has 0 aliphatic heterocycles. The van der Waals surface area contributed by atoms with Gasteiger partial charge in [0.2, 0.25) is 0 Å². The van der Waals surface area contributed by atoms with Gasteiger partial charge in [-0.05, 0) is 60.8 Å². The van der Waals surface area contributed by atoms with Crippen LogP contribution in [-0.4, -0.2) is 6.54 Å². The third-order valence-corrected chi connectivity index (χ3v) is 3.68. The van der Waals surface area contributed by atoms with Crippen LogP contribution in [0.25, 0.3) is 0 Å². The van der Waals surface area contributed by atoms with Gasteiger partial charge in [0.25, 0.3) is 0 Å². The van der Waals surface area contributed by atoms with Gasteiger partial charge in [-0.2, -0.15) is 5.26 Å². The molecule has 0 atom stereocenters. The molecule has 0 spiro atoms.